The van der Waals surface area contributed by atoms with E-state index in [-0.39, 0.29) is 5.91 Å². The molecule has 0 aromatic carbocycles. The summed E-state index contributed by atoms with van der Waals surface area (Å²) in [6, 6.07) is 5.89. The van der Waals surface area contributed by atoms with Crippen molar-refractivity contribution in [2.24, 2.45) is 0 Å². The summed E-state index contributed by atoms with van der Waals surface area (Å²) < 4.78 is 3.73. The van der Waals surface area contributed by atoms with Gasteiger partial charge in [-0.05, 0) is 38.1 Å². The lowest BCUT2D eigenvalue weighted by molar-refractivity contribution is 0.0949. The summed E-state index contributed by atoms with van der Waals surface area (Å²) >= 11 is 0. The molecule has 0 bridgehead atoms. The molecule has 1 saturated heterocycles. The van der Waals surface area contributed by atoms with E-state index in [1.165, 1.54) is 19.3 Å². The fourth-order valence-electron chi connectivity index (χ4n) is 3.44. The molecule has 0 radical (unpaired) electrons. The molecule has 0 aliphatic carbocycles. The van der Waals surface area contributed by atoms with Gasteiger partial charge in [-0.1, -0.05) is 17.7 Å². The third kappa shape index (κ3) is 4.51. The Morgan fingerprint density at radius 1 is 1.11 bits per heavy atom. The van der Waals surface area contributed by atoms with Crippen LogP contribution in [-0.2, 0) is 13.0 Å². The summed E-state index contributed by atoms with van der Waals surface area (Å²) in [5, 5.41) is 11.0. The highest BCUT2D eigenvalue weighted by Gasteiger charge is 2.13. The van der Waals surface area contributed by atoms with Crippen LogP contribution >= 0.6 is 0 Å². The SMILES string of the molecule is O=C(NCCc1cn2ccccc2n1)c1cn(CCN2CCCCC2)nn1. The Labute approximate surface area is 158 Å². The van der Waals surface area contributed by atoms with Gasteiger partial charge in [-0.2, -0.15) is 0 Å². The summed E-state index contributed by atoms with van der Waals surface area (Å²) in [5.41, 5.74) is 2.23. The minimum Gasteiger partial charge on any atom is -0.350 e. The lowest BCUT2D eigenvalue weighted by Gasteiger charge is -2.25. The second-order valence-corrected chi connectivity index (χ2v) is 6.97. The summed E-state index contributed by atoms with van der Waals surface area (Å²) in [4.78, 5) is 19.2. The maximum absolute atomic E-state index is 12.3. The van der Waals surface area contributed by atoms with Crippen molar-refractivity contribution in [1.29, 1.82) is 0 Å². The number of likely N-dealkylation sites (tertiary alicyclic amines) is 1. The van der Waals surface area contributed by atoms with Gasteiger partial charge in [-0.25, -0.2) is 4.98 Å². The summed E-state index contributed by atoms with van der Waals surface area (Å²) in [6.07, 6.45) is 10.2. The highest BCUT2D eigenvalue weighted by atomic mass is 16.2. The molecule has 1 aliphatic heterocycles. The molecule has 0 unspecified atom stereocenters. The number of rotatable bonds is 7. The van der Waals surface area contributed by atoms with E-state index in [1.54, 1.807) is 10.9 Å². The van der Waals surface area contributed by atoms with Gasteiger partial charge in [-0.15, -0.1) is 5.10 Å². The van der Waals surface area contributed by atoms with E-state index in [1.807, 2.05) is 35.0 Å². The molecule has 27 heavy (non-hydrogen) atoms. The summed E-state index contributed by atoms with van der Waals surface area (Å²) in [6.45, 7) is 4.55. The number of nitrogens with one attached hydrogen (secondary N) is 1. The lowest BCUT2D eigenvalue weighted by atomic mass is 10.1. The molecule has 0 atom stereocenters. The third-order valence-corrected chi connectivity index (χ3v) is 4.95. The van der Waals surface area contributed by atoms with Crippen LogP contribution in [0.2, 0.25) is 0 Å². The molecule has 142 valence electrons. The van der Waals surface area contributed by atoms with Crippen LogP contribution in [0.3, 0.4) is 0 Å². The predicted molar refractivity (Wildman–Crippen MR) is 102 cm³/mol. The highest BCUT2D eigenvalue weighted by Crippen LogP contribution is 2.08. The number of fused-ring (bicyclic) bond motifs is 1. The Hall–Kier alpha value is -2.74. The third-order valence-electron chi connectivity index (χ3n) is 4.95. The minimum absolute atomic E-state index is 0.192. The molecule has 3 aromatic rings. The second kappa shape index (κ2) is 8.30. The maximum atomic E-state index is 12.3. The molecule has 1 N–H and O–H groups in total. The molecular weight excluding hydrogens is 342 g/mol. The average molecular weight is 367 g/mol. The molecule has 4 heterocycles. The zero-order valence-corrected chi connectivity index (χ0v) is 15.4. The first-order valence-electron chi connectivity index (χ1n) is 9.61. The van der Waals surface area contributed by atoms with E-state index in [0.717, 1.165) is 37.5 Å². The zero-order chi connectivity index (χ0) is 18.5. The van der Waals surface area contributed by atoms with E-state index >= 15 is 0 Å². The standard InChI is InChI=1S/C19H25N7O/c27-19(20-8-7-16-14-25-11-5-2-6-18(25)21-16)17-15-26(23-22-17)13-12-24-9-3-1-4-10-24/h2,5-6,11,14-15H,1,3-4,7-10,12-13H2,(H,20,27). The number of amides is 1. The fraction of sp³-hybridized carbons (Fsp3) is 0.474. The Morgan fingerprint density at radius 3 is 2.85 bits per heavy atom. The quantitative estimate of drug-likeness (QED) is 0.682. The number of hydrogen-bond acceptors (Lipinski definition) is 5. The molecule has 0 saturated carbocycles. The number of carbonyl (C=O) groups is 1. The van der Waals surface area contributed by atoms with Gasteiger partial charge in [-0.3, -0.25) is 9.48 Å². The van der Waals surface area contributed by atoms with Crippen LogP contribution in [0.5, 0.6) is 0 Å². The lowest BCUT2D eigenvalue weighted by Crippen LogP contribution is -2.32. The molecule has 4 rings (SSSR count). The van der Waals surface area contributed by atoms with Gasteiger partial charge in [0.15, 0.2) is 5.69 Å². The Kier molecular flexibility index (Phi) is 5.43. The van der Waals surface area contributed by atoms with E-state index in [0.29, 0.717) is 18.7 Å². The number of nitrogens with zero attached hydrogens (tertiary/aromatic N) is 6. The van der Waals surface area contributed by atoms with E-state index in [9.17, 15) is 4.79 Å². The van der Waals surface area contributed by atoms with Crippen LogP contribution in [0.4, 0.5) is 0 Å². The van der Waals surface area contributed by atoms with Crippen LogP contribution in [-0.4, -0.2) is 61.4 Å². The molecule has 8 nitrogen and oxygen atoms in total. The van der Waals surface area contributed by atoms with Crippen molar-refractivity contribution in [2.75, 3.05) is 26.2 Å². The highest BCUT2D eigenvalue weighted by molar-refractivity contribution is 5.91. The number of aromatic nitrogens is 5. The first-order valence-corrected chi connectivity index (χ1v) is 9.61. The Morgan fingerprint density at radius 2 is 2.00 bits per heavy atom. The molecule has 3 aromatic heterocycles. The van der Waals surface area contributed by atoms with Crippen molar-refractivity contribution < 1.29 is 4.79 Å². The monoisotopic (exact) mass is 367 g/mol. The van der Waals surface area contributed by atoms with Crippen molar-refractivity contribution in [2.45, 2.75) is 32.2 Å². The molecule has 8 heteroatoms. The smallest absolute Gasteiger partial charge is 0.273 e. The predicted octanol–water partition coefficient (Wildman–Crippen LogP) is 1.38. The first kappa shape index (κ1) is 17.7. The van der Waals surface area contributed by atoms with Gasteiger partial charge >= 0.3 is 0 Å². The van der Waals surface area contributed by atoms with Crippen LogP contribution in [0, 0.1) is 0 Å². The Balaban J connectivity index is 1.24. The summed E-state index contributed by atoms with van der Waals surface area (Å²) in [7, 11) is 0. The van der Waals surface area contributed by atoms with Crippen LogP contribution in [0.25, 0.3) is 5.65 Å². The minimum atomic E-state index is -0.192. The molecule has 1 aliphatic rings. The van der Waals surface area contributed by atoms with E-state index < -0.39 is 0 Å². The maximum Gasteiger partial charge on any atom is 0.273 e. The Bertz CT molecular complexity index is 861. The van der Waals surface area contributed by atoms with Gasteiger partial charge in [0.2, 0.25) is 0 Å². The van der Waals surface area contributed by atoms with Crippen LogP contribution in [0.1, 0.15) is 35.4 Å². The van der Waals surface area contributed by atoms with E-state index in [4.69, 9.17) is 0 Å². The topological polar surface area (TPSA) is 80.4 Å². The van der Waals surface area contributed by atoms with Crippen molar-refractivity contribution >= 4 is 11.6 Å². The van der Waals surface area contributed by atoms with Crippen LogP contribution < -0.4 is 5.32 Å². The van der Waals surface area contributed by atoms with Crippen molar-refractivity contribution in [3.63, 3.8) is 0 Å². The zero-order valence-electron chi connectivity index (χ0n) is 15.4. The van der Waals surface area contributed by atoms with Crippen LogP contribution in [0.15, 0.2) is 36.8 Å². The second-order valence-electron chi connectivity index (χ2n) is 6.97. The molecular formula is C19H25N7O. The van der Waals surface area contributed by atoms with Crippen molar-refractivity contribution in [1.82, 2.24) is 34.6 Å². The van der Waals surface area contributed by atoms with E-state index in [2.05, 4.69) is 25.5 Å². The van der Waals surface area contributed by atoms with Gasteiger partial charge < -0.3 is 14.6 Å². The number of hydrogen-bond donors (Lipinski definition) is 1. The van der Waals surface area contributed by atoms with Crippen molar-refractivity contribution in [3.05, 3.63) is 48.2 Å². The average Bonchev–Trinajstić information content (AvgIpc) is 3.34. The fourth-order valence-corrected chi connectivity index (χ4v) is 3.44. The first-order chi connectivity index (χ1) is 13.3. The normalized spacial score (nSPS) is 15.3. The summed E-state index contributed by atoms with van der Waals surface area (Å²) in [5.74, 6) is -0.192. The molecule has 0 spiro atoms. The molecule has 1 fully saturated rings. The largest absolute Gasteiger partial charge is 0.350 e. The number of piperidine rings is 1. The number of pyridine rings is 1. The van der Waals surface area contributed by atoms with Gasteiger partial charge in [0, 0.05) is 31.9 Å². The van der Waals surface area contributed by atoms with Gasteiger partial charge in [0.1, 0.15) is 5.65 Å². The number of carbonyl (C=O) groups excluding carboxylic acids is 1. The molecule has 1 amide bonds. The van der Waals surface area contributed by atoms with Gasteiger partial charge in [0.25, 0.3) is 5.91 Å². The van der Waals surface area contributed by atoms with Crippen molar-refractivity contribution in [3.8, 4) is 0 Å². The number of imidazole rings is 1. The van der Waals surface area contributed by atoms with Gasteiger partial charge in [0.05, 0.1) is 18.4 Å².